The molecule has 0 unspecified atom stereocenters. The lowest BCUT2D eigenvalue weighted by molar-refractivity contribution is -0.849. The van der Waals surface area contributed by atoms with Gasteiger partial charge in [0, 0.05) is 12.0 Å². The van der Waals surface area contributed by atoms with Crippen LogP contribution in [0.4, 0.5) is 13.2 Å². The van der Waals surface area contributed by atoms with Crippen LogP contribution in [-0.2, 0) is 10.1 Å². The van der Waals surface area contributed by atoms with E-state index in [2.05, 4.69) is 61.0 Å². The van der Waals surface area contributed by atoms with Crippen molar-refractivity contribution in [2.75, 3.05) is 63.0 Å². The third-order valence-corrected chi connectivity index (χ3v) is 5.46. The van der Waals surface area contributed by atoms with Crippen LogP contribution in [0.3, 0.4) is 0 Å². The Morgan fingerprint density at radius 2 is 0.854 bits per heavy atom. The first-order valence-corrected chi connectivity index (χ1v) is 13.7. The zero-order valence-electron chi connectivity index (χ0n) is 25.8. The second-order valence-electron chi connectivity index (χ2n) is 12.8. The van der Waals surface area contributed by atoms with Crippen LogP contribution in [0.2, 0.25) is 0 Å². The Labute approximate surface area is 245 Å². The monoisotopic (exact) mass is 574 g/mol. The highest BCUT2D eigenvalue weighted by molar-refractivity contribution is 6.28. The molecule has 0 amide bonds. The lowest BCUT2D eigenvalue weighted by Crippen LogP contribution is -2.47. The van der Waals surface area contributed by atoms with Crippen LogP contribution in [0.25, 0.3) is 0 Å². The lowest BCUT2D eigenvalue weighted by Gasteiger charge is -2.36. The maximum absolute atomic E-state index is 13.7. The van der Waals surface area contributed by atoms with E-state index >= 15 is 0 Å². The molecule has 3 rings (SSSR count). The summed E-state index contributed by atoms with van der Waals surface area (Å²) in [6.07, 6.45) is 2.46. The fourth-order valence-corrected chi connectivity index (χ4v) is 3.98. The van der Waals surface area contributed by atoms with E-state index < -0.39 is 12.7 Å². The maximum atomic E-state index is 13.7. The number of halogens is 3. The number of unbranched alkanes of at least 4 members (excludes halogenated alkanes) is 2. The van der Waals surface area contributed by atoms with Crippen LogP contribution in [0.1, 0.15) is 42.4 Å². The fourth-order valence-electron chi connectivity index (χ4n) is 3.98. The third-order valence-electron chi connectivity index (χ3n) is 5.46. The van der Waals surface area contributed by atoms with Gasteiger partial charge in [-0.15, -0.1) is 0 Å². The van der Waals surface area contributed by atoms with Gasteiger partial charge in [-0.05, 0) is 65.9 Å². The smallest absolute Gasteiger partial charge is 0.123 e. The first-order valence-electron chi connectivity index (χ1n) is 13.7. The van der Waals surface area contributed by atoms with Crippen molar-refractivity contribution in [3.05, 3.63) is 107 Å². The van der Waals surface area contributed by atoms with Gasteiger partial charge in [0.05, 0.1) is 63.7 Å². The number of hydrogen-bond acceptors (Lipinski definition) is 3. The predicted molar refractivity (Wildman–Crippen MR) is 157 cm³/mol. The second kappa shape index (κ2) is 16.7. The maximum Gasteiger partial charge on any atom is 0.123 e. The van der Waals surface area contributed by atoms with E-state index in [-0.39, 0.29) is 24.1 Å². The zero-order chi connectivity index (χ0) is 31.3. The Balaban J connectivity index is 0.000000722. The van der Waals surface area contributed by atoms with Crippen molar-refractivity contribution in [2.45, 2.75) is 31.1 Å². The van der Waals surface area contributed by atoms with Gasteiger partial charge in [0.15, 0.2) is 0 Å². The van der Waals surface area contributed by atoms with Gasteiger partial charge in [0.25, 0.3) is 0 Å². The summed E-state index contributed by atoms with van der Waals surface area (Å²) in [4.78, 5) is 0. The van der Waals surface area contributed by atoms with Crippen LogP contribution in [0.5, 0.6) is 0 Å². The summed E-state index contributed by atoms with van der Waals surface area (Å²) in [7, 11) is 14.7. The number of rotatable bonds is 10. The average Bonchev–Trinajstić information content (AvgIpc) is 2.84. The third kappa shape index (κ3) is 15.2. The normalized spacial score (nSPS) is 11.6. The average molecular weight is 575 g/mol. The predicted octanol–water partition coefficient (Wildman–Crippen LogP) is 4.37. The van der Waals surface area contributed by atoms with Crippen LogP contribution >= 0.6 is 0 Å². The molecule has 0 aliphatic heterocycles. The van der Waals surface area contributed by atoms with Crippen molar-refractivity contribution in [3.8, 4) is 0 Å². The Bertz CT molecular complexity index is 994. The van der Waals surface area contributed by atoms with Crippen molar-refractivity contribution in [1.29, 1.82) is 0 Å². The molecule has 0 aromatic heterocycles. The summed E-state index contributed by atoms with van der Waals surface area (Å²) in [5, 5.41) is 21.0. The van der Waals surface area contributed by atoms with Gasteiger partial charge in [0.2, 0.25) is 0 Å². The van der Waals surface area contributed by atoms with Gasteiger partial charge in [0.1, 0.15) is 17.5 Å². The van der Waals surface area contributed by atoms with E-state index in [1.54, 1.807) is 36.4 Å². The highest BCUT2D eigenvalue weighted by Gasteiger charge is 2.36. The molecular weight excluding hydrogens is 528 g/mol. The van der Waals surface area contributed by atoms with Gasteiger partial charge < -0.3 is 23.7 Å². The Kier molecular flexibility index (Phi) is 14.8. The number of nitrogens with zero attached hydrogens (tertiary/aromatic N) is 2. The van der Waals surface area contributed by atoms with E-state index in [1.165, 1.54) is 36.4 Å². The number of hydrogen-bond donors (Lipinski definition) is 0. The van der Waals surface area contributed by atoms with Crippen LogP contribution in [0, 0.1) is 17.5 Å². The zero-order valence-corrected chi connectivity index (χ0v) is 25.8. The minimum atomic E-state index is -2.29. The van der Waals surface area contributed by atoms with E-state index in [1.807, 2.05) is 0 Å². The number of benzene rings is 3. The van der Waals surface area contributed by atoms with Gasteiger partial charge in [-0.1, -0.05) is 49.2 Å². The van der Waals surface area contributed by atoms with Crippen LogP contribution in [-0.4, -0.2) is 79.3 Å². The molecule has 41 heavy (non-hydrogen) atoms. The minimum Gasteiger partial charge on any atom is -0.871 e. The Morgan fingerprint density at radius 1 is 0.561 bits per heavy atom. The molecule has 5 nitrogen and oxygen atoms in total. The molecule has 0 aliphatic rings. The molecule has 0 atom stereocenters. The first kappa shape index (κ1) is 36.3. The lowest BCUT2D eigenvalue weighted by atomic mass is 9.66. The summed E-state index contributed by atoms with van der Waals surface area (Å²) in [6.45, 7) is 0.0777. The molecule has 0 saturated carbocycles. The van der Waals surface area contributed by atoms with E-state index in [0.29, 0.717) is 25.7 Å². The molecule has 9 heteroatoms. The Morgan fingerprint density at radius 3 is 1.12 bits per heavy atom. The standard InChI is InChI=1S/C24H22BF3O3.2C4H12N/c26-21-10-4-18(5-11-21)24(19-6-12-22(27)13-7-19,20-8-14-23(28)15-9-20)16-2-1-3-17-31-25(29)30;2*1-5(2,3)4/h4-15H,1-3,16-17H2;2*1-4H3/q-2;2*+1. The van der Waals surface area contributed by atoms with Gasteiger partial charge >= 0.3 is 0 Å². The molecule has 3 aromatic rings. The summed E-state index contributed by atoms with van der Waals surface area (Å²) in [5.41, 5.74) is 1.61. The highest BCUT2D eigenvalue weighted by Crippen LogP contribution is 2.43. The molecule has 3 aromatic carbocycles. The van der Waals surface area contributed by atoms with E-state index in [0.717, 1.165) is 25.7 Å². The summed E-state index contributed by atoms with van der Waals surface area (Å²) in [5.74, 6) is -1.13. The van der Waals surface area contributed by atoms with Crippen molar-refractivity contribution < 1.29 is 36.8 Å². The highest BCUT2D eigenvalue weighted by atomic mass is 19.1. The van der Waals surface area contributed by atoms with E-state index in [9.17, 15) is 23.2 Å². The Hall–Kier alpha value is -2.69. The summed E-state index contributed by atoms with van der Waals surface area (Å²) in [6, 6.07) is 18.3. The molecule has 0 spiro atoms. The van der Waals surface area contributed by atoms with Crippen LogP contribution in [0.15, 0.2) is 72.8 Å². The second-order valence-corrected chi connectivity index (χ2v) is 12.8. The molecule has 0 heterocycles. The molecule has 0 bridgehead atoms. The molecule has 0 N–H and O–H groups in total. The molecular formula is C32H46BF3N2O3. The molecule has 0 saturated heterocycles. The van der Waals surface area contributed by atoms with Gasteiger partial charge in [-0.25, -0.2) is 13.2 Å². The van der Waals surface area contributed by atoms with Crippen molar-refractivity contribution in [1.82, 2.24) is 0 Å². The molecule has 0 aliphatic carbocycles. The first-order chi connectivity index (χ1) is 18.9. The van der Waals surface area contributed by atoms with Crippen LogP contribution < -0.4 is 10.0 Å². The van der Waals surface area contributed by atoms with Crippen molar-refractivity contribution in [3.63, 3.8) is 0 Å². The summed E-state index contributed by atoms with van der Waals surface area (Å²) >= 11 is 0. The number of quaternary nitrogens is 2. The van der Waals surface area contributed by atoms with Crippen molar-refractivity contribution in [2.24, 2.45) is 0 Å². The quantitative estimate of drug-likeness (QED) is 0.157. The molecule has 0 fully saturated rings. The van der Waals surface area contributed by atoms with Gasteiger partial charge in [-0.3, -0.25) is 0 Å². The van der Waals surface area contributed by atoms with E-state index in [4.69, 9.17) is 0 Å². The minimum absolute atomic E-state index is 0.0777. The molecule has 0 radical (unpaired) electrons. The largest absolute Gasteiger partial charge is 0.871 e. The topological polar surface area (TPSA) is 55.3 Å². The van der Waals surface area contributed by atoms with Crippen molar-refractivity contribution >= 4 is 7.32 Å². The SMILES string of the molecule is C[N+](C)(C)C.C[N+](C)(C)C.[O-]B([O-])OCCCCCC(c1ccc(F)cc1)(c1ccc(F)cc1)c1ccc(F)cc1. The fraction of sp³-hybridized carbons (Fsp3) is 0.438. The summed E-state index contributed by atoms with van der Waals surface area (Å²) < 4.78 is 47.6. The van der Waals surface area contributed by atoms with Gasteiger partial charge in [-0.2, -0.15) is 0 Å². The molecule has 226 valence electrons.